The van der Waals surface area contributed by atoms with E-state index >= 15 is 0 Å². The van der Waals surface area contributed by atoms with Crippen LogP contribution in [-0.4, -0.2) is 56.7 Å². The monoisotopic (exact) mass is 265 g/mol. The molecule has 1 fully saturated rings. The number of carboxylic acid groups (broad SMARTS) is 1. The summed E-state index contributed by atoms with van der Waals surface area (Å²) in [4.78, 5) is 22.2. The average molecular weight is 265 g/mol. The first-order valence-electron chi connectivity index (χ1n) is 5.07. The molecular formula is C9H15NO6S. The molecule has 0 aliphatic carbocycles. The first-order valence-corrected chi connectivity index (χ1v) is 7.13. The van der Waals surface area contributed by atoms with Gasteiger partial charge < -0.3 is 15.2 Å². The molecule has 0 aromatic carbocycles. The normalized spacial score (nSPS) is 24.5. The zero-order valence-electron chi connectivity index (χ0n) is 9.38. The van der Waals surface area contributed by atoms with Crippen molar-refractivity contribution in [3.05, 3.63) is 0 Å². The fraction of sp³-hybridized carbons (Fsp3) is 0.778. The summed E-state index contributed by atoms with van der Waals surface area (Å²) in [5, 5.41) is 11.3. The van der Waals surface area contributed by atoms with E-state index in [1.165, 1.54) is 0 Å². The van der Waals surface area contributed by atoms with E-state index < -0.39 is 33.7 Å². The van der Waals surface area contributed by atoms with E-state index in [1.807, 2.05) is 0 Å². The van der Waals surface area contributed by atoms with Crippen LogP contribution < -0.4 is 5.32 Å². The Balaban J connectivity index is 2.43. The minimum absolute atomic E-state index is 0.0619. The number of hydrogen-bond acceptors (Lipinski definition) is 5. The second-order valence-corrected chi connectivity index (χ2v) is 6.30. The number of carbonyl (C=O) groups excluding carboxylic acids is 1. The van der Waals surface area contributed by atoms with Gasteiger partial charge in [-0.3, -0.25) is 9.59 Å². The molecule has 1 amide bonds. The van der Waals surface area contributed by atoms with Crippen LogP contribution >= 0.6 is 0 Å². The summed E-state index contributed by atoms with van der Waals surface area (Å²) in [7, 11) is -3.19. The molecule has 0 bridgehead atoms. The second kappa shape index (κ2) is 5.46. The van der Waals surface area contributed by atoms with Crippen molar-refractivity contribution in [2.75, 3.05) is 25.2 Å². The Morgan fingerprint density at radius 3 is 2.59 bits per heavy atom. The summed E-state index contributed by atoms with van der Waals surface area (Å²) < 4.78 is 26.7. The van der Waals surface area contributed by atoms with Gasteiger partial charge in [-0.05, 0) is 0 Å². The Morgan fingerprint density at radius 1 is 1.41 bits per heavy atom. The molecule has 8 heteroatoms. The smallest absolute Gasteiger partial charge is 0.311 e. The average Bonchev–Trinajstić information content (AvgIpc) is 2.62. The van der Waals surface area contributed by atoms with Crippen molar-refractivity contribution in [2.45, 2.75) is 12.5 Å². The minimum atomic E-state index is -3.19. The number of ether oxygens (including phenoxy) is 1. The highest BCUT2D eigenvalue weighted by Crippen LogP contribution is 2.13. The maximum Gasteiger partial charge on any atom is 0.311 e. The summed E-state index contributed by atoms with van der Waals surface area (Å²) in [6, 6.07) is -0.584. The number of hydrogen-bond donors (Lipinski definition) is 2. The first kappa shape index (κ1) is 13.9. The highest BCUT2D eigenvalue weighted by molar-refractivity contribution is 7.90. The number of sulfone groups is 1. The van der Waals surface area contributed by atoms with Crippen LogP contribution in [0.4, 0.5) is 0 Å². The van der Waals surface area contributed by atoms with Crippen LogP contribution in [0.2, 0.25) is 0 Å². The van der Waals surface area contributed by atoms with E-state index in [-0.39, 0.29) is 25.4 Å². The largest absolute Gasteiger partial charge is 0.481 e. The summed E-state index contributed by atoms with van der Waals surface area (Å²) in [5.74, 6) is -2.52. The van der Waals surface area contributed by atoms with Gasteiger partial charge in [0.2, 0.25) is 5.91 Å². The van der Waals surface area contributed by atoms with Crippen LogP contribution in [0.15, 0.2) is 0 Å². The van der Waals surface area contributed by atoms with Crippen molar-refractivity contribution in [2.24, 2.45) is 5.92 Å². The second-order valence-electron chi connectivity index (χ2n) is 4.04. The molecule has 1 aliphatic heterocycles. The quantitative estimate of drug-likeness (QED) is 0.635. The van der Waals surface area contributed by atoms with Gasteiger partial charge in [-0.1, -0.05) is 0 Å². The fourth-order valence-corrected chi connectivity index (χ4v) is 2.05. The Morgan fingerprint density at radius 2 is 2.06 bits per heavy atom. The van der Waals surface area contributed by atoms with E-state index in [1.54, 1.807) is 0 Å². The van der Waals surface area contributed by atoms with Crippen molar-refractivity contribution < 1.29 is 27.9 Å². The van der Waals surface area contributed by atoms with Gasteiger partial charge in [0, 0.05) is 12.7 Å². The van der Waals surface area contributed by atoms with Gasteiger partial charge in [0.05, 0.1) is 25.0 Å². The highest BCUT2D eigenvalue weighted by atomic mass is 32.2. The number of rotatable bonds is 5. The number of carbonyl (C=O) groups is 2. The topological polar surface area (TPSA) is 110 Å². The number of aliphatic carboxylic acids is 1. The first-order chi connectivity index (χ1) is 7.79. The molecule has 1 saturated heterocycles. The van der Waals surface area contributed by atoms with Gasteiger partial charge in [0.25, 0.3) is 0 Å². The van der Waals surface area contributed by atoms with Crippen LogP contribution in [0, 0.1) is 5.92 Å². The fourth-order valence-electron chi connectivity index (χ4n) is 1.50. The lowest BCUT2D eigenvalue weighted by Gasteiger charge is -2.15. The zero-order valence-corrected chi connectivity index (χ0v) is 10.2. The van der Waals surface area contributed by atoms with Crippen molar-refractivity contribution in [3.8, 4) is 0 Å². The van der Waals surface area contributed by atoms with Gasteiger partial charge in [-0.2, -0.15) is 0 Å². The molecule has 1 aliphatic rings. The summed E-state index contributed by atoms with van der Waals surface area (Å²) in [6.45, 7) is 0.202. The minimum Gasteiger partial charge on any atom is -0.481 e. The lowest BCUT2D eigenvalue weighted by Crippen LogP contribution is -2.43. The molecule has 17 heavy (non-hydrogen) atoms. The van der Waals surface area contributed by atoms with Crippen molar-refractivity contribution >= 4 is 21.7 Å². The number of carboxylic acids is 1. The molecule has 1 rings (SSSR count). The van der Waals surface area contributed by atoms with Gasteiger partial charge >= 0.3 is 5.97 Å². The SMILES string of the molecule is CS(=O)(=O)CCC(=O)NC1COCC1C(=O)O. The lowest BCUT2D eigenvalue weighted by atomic mass is 10.0. The van der Waals surface area contributed by atoms with Gasteiger partial charge in [-0.25, -0.2) is 8.42 Å². The van der Waals surface area contributed by atoms with Crippen molar-refractivity contribution in [1.82, 2.24) is 5.32 Å². The molecule has 0 saturated carbocycles. The van der Waals surface area contributed by atoms with Gasteiger partial charge in [-0.15, -0.1) is 0 Å². The molecule has 0 spiro atoms. The molecular weight excluding hydrogens is 250 g/mol. The van der Waals surface area contributed by atoms with E-state index in [0.717, 1.165) is 6.26 Å². The van der Waals surface area contributed by atoms with Crippen molar-refractivity contribution in [1.29, 1.82) is 0 Å². The third-order valence-corrected chi connectivity index (χ3v) is 3.39. The Kier molecular flexibility index (Phi) is 4.47. The third kappa shape index (κ3) is 4.70. The molecule has 2 atom stereocenters. The third-order valence-electron chi connectivity index (χ3n) is 2.44. The molecule has 98 valence electrons. The predicted octanol–water partition coefficient (Wildman–Crippen LogP) is -1.36. The van der Waals surface area contributed by atoms with Crippen LogP contribution in [0.1, 0.15) is 6.42 Å². The summed E-state index contributed by atoms with van der Waals surface area (Å²) in [5.41, 5.74) is 0. The Bertz CT molecular complexity index is 404. The molecule has 1 heterocycles. The summed E-state index contributed by atoms with van der Waals surface area (Å²) in [6.07, 6.45) is 0.876. The summed E-state index contributed by atoms with van der Waals surface area (Å²) >= 11 is 0. The molecule has 0 aromatic rings. The van der Waals surface area contributed by atoms with E-state index in [4.69, 9.17) is 9.84 Å². The standard InChI is InChI=1S/C9H15NO6S/c1-17(14,15)3-2-8(11)10-7-5-16-4-6(7)9(12)13/h6-7H,2-5H2,1H3,(H,10,11)(H,12,13). The lowest BCUT2D eigenvalue weighted by molar-refractivity contribution is -0.142. The van der Waals surface area contributed by atoms with Gasteiger partial charge in [0.15, 0.2) is 0 Å². The van der Waals surface area contributed by atoms with Crippen LogP contribution in [0.25, 0.3) is 0 Å². The maximum absolute atomic E-state index is 11.4. The molecule has 0 radical (unpaired) electrons. The van der Waals surface area contributed by atoms with Crippen LogP contribution in [0.5, 0.6) is 0 Å². The van der Waals surface area contributed by atoms with Crippen LogP contribution in [-0.2, 0) is 24.2 Å². The van der Waals surface area contributed by atoms with E-state index in [0.29, 0.717) is 0 Å². The Labute approximate surface area is 99.1 Å². The molecule has 2 unspecified atom stereocenters. The van der Waals surface area contributed by atoms with Gasteiger partial charge in [0.1, 0.15) is 15.8 Å². The molecule has 0 aromatic heterocycles. The maximum atomic E-state index is 11.4. The predicted molar refractivity (Wildman–Crippen MR) is 58.2 cm³/mol. The van der Waals surface area contributed by atoms with E-state index in [9.17, 15) is 18.0 Å². The van der Waals surface area contributed by atoms with Crippen LogP contribution in [0.3, 0.4) is 0 Å². The number of nitrogens with one attached hydrogen (secondary N) is 1. The highest BCUT2D eigenvalue weighted by Gasteiger charge is 2.34. The Hall–Kier alpha value is -1.15. The van der Waals surface area contributed by atoms with E-state index in [2.05, 4.69) is 5.32 Å². The van der Waals surface area contributed by atoms with Crippen molar-refractivity contribution in [3.63, 3.8) is 0 Å². The molecule has 2 N–H and O–H groups in total. The number of amides is 1. The molecule has 7 nitrogen and oxygen atoms in total. The zero-order chi connectivity index (χ0) is 13.1.